The molecule has 0 radical (unpaired) electrons. The number of rotatable bonds is 6. The van der Waals surface area contributed by atoms with Gasteiger partial charge in [0.1, 0.15) is 0 Å². The molecule has 0 fully saturated rings. The zero-order chi connectivity index (χ0) is 11.8. The quantitative estimate of drug-likeness (QED) is 0.717. The van der Waals surface area contributed by atoms with Gasteiger partial charge >= 0.3 is 0 Å². The second-order valence-electron chi connectivity index (χ2n) is 4.20. The fourth-order valence-electron chi connectivity index (χ4n) is 1.08. The number of nitrogens with zero attached hydrogens (tertiary/aromatic N) is 1. The van der Waals surface area contributed by atoms with Gasteiger partial charge in [-0.25, -0.2) is 0 Å². The van der Waals surface area contributed by atoms with Gasteiger partial charge in [-0.15, -0.1) is 0 Å². The molecular weight excluding hydrogens is 192 g/mol. The molecule has 88 valence electrons. The van der Waals surface area contributed by atoms with Crippen molar-refractivity contribution < 1.29 is 9.59 Å². The van der Waals surface area contributed by atoms with Crippen LogP contribution in [-0.2, 0) is 9.59 Å². The van der Waals surface area contributed by atoms with E-state index in [2.05, 4.69) is 5.32 Å². The van der Waals surface area contributed by atoms with Crippen LogP contribution in [0.15, 0.2) is 0 Å². The van der Waals surface area contributed by atoms with E-state index in [9.17, 15) is 9.59 Å². The molecular formula is C11H22N2O2. The average Bonchev–Trinajstić information content (AvgIpc) is 2.15. The van der Waals surface area contributed by atoms with Crippen molar-refractivity contribution in [3.8, 4) is 0 Å². The lowest BCUT2D eigenvalue weighted by Crippen LogP contribution is -2.39. The second-order valence-corrected chi connectivity index (χ2v) is 4.20. The molecule has 0 atom stereocenters. The number of hydrogen-bond donors (Lipinski definition) is 1. The Morgan fingerprint density at radius 1 is 1.33 bits per heavy atom. The Bertz CT molecular complexity index is 215. The molecule has 0 aromatic carbocycles. The molecule has 4 nitrogen and oxygen atoms in total. The van der Waals surface area contributed by atoms with E-state index in [4.69, 9.17) is 0 Å². The van der Waals surface area contributed by atoms with Crippen LogP contribution in [0.25, 0.3) is 0 Å². The Morgan fingerprint density at radius 3 is 2.40 bits per heavy atom. The summed E-state index contributed by atoms with van der Waals surface area (Å²) < 4.78 is 0. The van der Waals surface area contributed by atoms with E-state index in [1.165, 1.54) is 4.90 Å². The zero-order valence-corrected chi connectivity index (χ0v) is 10.2. The first-order chi connectivity index (χ1) is 6.97. The number of hydrogen-bond acceptors (Lipinski definition) is 2. The maximum Gasteiger partial charge on any atom is 0.239 e. The molecule has 0 aliphatic heterocycles. The van der Waals surface area contributed by atoms with Crippen LogP contribution in [0, 0.1) is 5.92 Å². The molecule has 0 saturated heterocycles. The average molecular weight is 214 g/mol. The highest BCUT2D eigenvalue weighted by molar-refractivity contribution is 5.84. The van der Waals surface area contributed by atoms with Crippen LogP contribution in [0.3, 0.4) is 0 Å². The molecule has 0 saturated carbocycles. The van der Waals surface area contributed by atoms with Gasteiger partial charge in [-0.1, -0.05) is 20.8 Å². The SMILES string of the molecule is CCCC(=O)N(C)CC(=O)NCC(C)C. The van der Waals surface area contributed by atoms with Crippen LogP contribution in [0.5, 0.6) is 0 Å². The fourth-order valence-corrected chi connectivity index (χ4v) is 1.08. The van der Waals surface area contributed by atoms with E-state index in [1.807, 2.05) is 20.8 Å². The lowest BCUT2D eigenvalue weighted by Gasteiger charge is -2.16. The molecule has 0 unspecified atom stereocenters. The van der Waals surface area contributed by atoms with E-state index in [0.717, 1.165) is 6.42 Å². The standard InChI is InChI=1S/C11H22N2O2/c1-5-6-11(15)13(4)8-10(14)12-7-9(2)3/h9H,5-8H2,1-4H3,(H,12,14). The van der Waals surface area contributed by atoms with E-state index < -0.39 is 0 Å². The predicted octanol–water partition coefficient (Wildman–Crippen LogP) is 1.02. The van der Waals surface area contributed by atoms with E-state index >= 15 is 0 Å². The minimum atomic E-state index is -0.0874. The molecule has 0 rings (SSSR count). The van der Waals surface area contributed by atoms with Gasteiger partial charge in [0.15, 0.2) is 0 Å². The lowest BCUT2D eigenvalue weighted by molar-refractivity contribution is -0.134. The smallest absolute Gasteiger partial charge is 0.239 e. The maximum absolute atomic E-state index is 11.4. The molecule has 4 heteroatoms. The first-order valence-electron chi connectivity index (χ1n) is 5.48. The summed E-state index contributed by atoms with van der Waals surface area (Å²) in [5, 5.41) is 2.78. The van der Waals surface area contributed by atoms with Gasteiger partial charge in [0, 0.05) is 20.0 Å². The van der Waals surface area contributed by atoms with Gasteiger partial charge in [-0.05, 0) is 12.3 Å². The number of amides is 2. The first kappa shape index (κ1) is 13.9. The molecule has 0 aliphatic rings. The van der Waals surface area contributed by atoms with Gasteiger partial charge in [-0.2, -0.15) is 0 Å². The van der Waals surface area contributed by atoms with Gasteiger partial charge in [0.2, 0.25) is 11.8 Å². The van der Waals surface area contributed by atoms with Crippen LogP contribution >= 0.6 is 0 Å². The monoisotopic (exact) mass is 214 g/mol. The van der Waals surface area contributed by atoms with Gasteiger partial charge in [-0.3, -0.25) is 9.59 Å². The lowest BCUT2D eigenvalue weighted by atomic mass is 10.2. The van der Waals surface area contributed by atoms with Crippen molar-refractivity contribution in [2.24, 2.45) is 5.92 Å². The summed E-state index contributed by atoms with van der Waals surface area (Å²) in [5.41, 5.74) is 0. The van der Waals surface area contributed by atoms with Crippen LogP contribution in [0.2, 0.25) is 0 Å². The predicted molar refractivity (Wildman–Crippen MR) is 60.4 cm³/mol. The van der Waals surface area contributed by atoms with Crippen LogP contribution in [-0.4, -0.2) is 36.9 Å². The third-order valence-electron chi connectivity index (χ3n) is 1.98. The van der Waals surface area contributed by atoms with Crippen molar-refractivity contribution in [2.75, 3.05) is 20.1 Å². The highest BCUT2D eigenvalue weighted by Crippen LogP contribution is 1.94. The van der Waals surface area contributed by atoms with Gasteiger partial charge < -0.3 is 10.2 Å². The van der Waals surface area contributed by atoms with E-state index in [0.29, 0.717) is 18.9 Å². The van der Waals surface area contributed by atoms with E-state index in [-0.39, 0.29) is 18.4 Å². The minimum absolute atomic E-state index is 0.0252. The van der Waals surface area contributed by atoms with E-state index in [1.54, 1.807) is 7.05 Å². The van der Waals surface area contributed by atoms with Crippen molar-refractivity contribution >= 4 is 11.8 Å². The summed E-state index contributed by atoms with van der Waals surface area (Å²) in [4.78, 5) is 24.2. The van der Waals surface area contributed by atoms with Crippen molar-refractivity contribution in [1.82, 2.24) is 10.2 Å². The molecule has 2 amide bonds. The Hall–Kier alpha value is -1.06. The molecule has 0 aromatic heterocycles. The second kappa shape index (κ2) is 7.26. The zero-order valence-electron chi connectivity index (χ0n) is 10.2. The summed E-state index contributed by atoms with van der Waals surface area (Å²) in [7, 11) is 1.66. The Kier molecular flexibility index (Phi) is 6.75. The van der Waals surface area contributed by atoms with Crippen LogP contribution in [0.4, 0.5) is 0 Å². The molecule has 0 bridgehead atoms. The number of nitrogens with one attached hydrogen (secondary N) is 1. The molecule has 0 heterocycles. The third kappa shape index (κ3) is 6.94. The minimum Gasteiger partial charge on any atom is -0.354 e. The summed E-state index contributed by atoms with van der Waals surface area (Å²) in [6, 6.07) is 0. The molecule has 0 aliphatic carbocycles. The van der Waals surface area contributed by atoms with Crippen molar-refractivity contribution in [3.63, 3.8) is 0 Å². The summed E-state index contributed by atoms with van der Waals surface area (Å²) in [6.07, 6.45) is 1.32. The van der Waals surface area contributed by atoms with Crippen molar-refractivity contribution in [1.29, 1.82) is 0 Å². The number of likely N-dealkylation sites (N-methyl/N-ethyl adjacent to an activating group) is 1. The summed E-state index contributed by atoms with van der Waals surface area (Å²) in [5.74, 6) is 0.374. The highest BCUT2D eigenvalue weighted by Gasteiger charge is 2.11. The Balaban J connectivity index is 3.80. The summed E-state index contributed by atoms with van der Waals surface area (Å²) >= 11 is 0. The Morgan fingerprint density at radius 2 is 1.93 bits per heavy atom. The molecule has 15 heavy (non-hydrogen) atoms. The Labute approximate surface area is 92.0 Å². The summed E-state index contributed by atoms with van der Waals surface area (Å²) in [6.45, 7) is 6.84. The van der Waals surface area contributed by atoms with Gasteiger partial charge in [0.25, 0.3) is 0 Å². The van der Waals surface area contributed by atoms with Crippen LogP contribution < -0.4 is 5.32 Å². The normalized spacial score (nSPS) is 10.2. The topological polar surface area (TPSA) is 49.4 Å². The highest BCUT2D eigenvalue weighted by atomic mass is 16.2. The van der Waals surface area contributed by atoms with Crippen molar-refractivity contribution in [2.45, 2.75) is 33.6 Å². The molecule has 1 N–H and O–H groups in total. The first-order valence-corrected chi connectivity index (χ1v) is 5.48. The molecule has 0 aromatic rings. The number of carbonyl (C=O) groups excluding carboxylic acids is 2. The largest absolute Gasteiger partial charge is 0.354 e. The third-order valence-corrected chi connectivity index (χ3v) is 1.98. The van der Waals surface area contributed by atoms with Crippen molar-refractivity contribution in [3.05, 3.63) is 0 Å². The fraction of sp³-hybridized carbons (Fsp3) is 0.818. The molecule has 0 spiro atoms. The maximum atomic E-state index is 11.4. The van der Waals surface area contributed by atoms with Crippen LogP contribution in [0.1, 0.15) is 33.6 Å². The van der Waals surface area contributed by atoms with Gasteiger partial charge in [0.05, 0.1) is 6.54 Å². The number of carbonyl (C=O) groups is 2.